The quantitative estimate of drug-likeness (QED) is 0.620. The van der Waals surface area contributed by atoms with Crippen LogP contribution in [-0.4, -0.2) is 47.0 Å². The number of aliphatic hydroxyl groups is 2. The van der Waals surface area contributed by atoms with Crippen LogP contribution in [0.1, 0.15) is 91.9 Å². The fraction of sp³-hybridized carbons (Fsp3) is 1.00. The first-order chi connectivity index (χ1) is 14.6. The lowest BCUT2D eigenvalue weighted by molar-refractivity contribution is -0.132. The number of likely N-dealkylation sites (tertiary alicyclic amines) is 1. The highest BCUT2D eigenvalue weighted by atomic mass is 16.3. The van der Waals surface area contributed by atoms with Crippen LogP contribution in [0, 0.1) is 52.3 Å². The van der Waals surface area contributed by atoms with Gasteiger partial charge < -0.3 is 15.1 Å². The second-order valence-corrected chi connectivity index (χ2v) is 13.5. The van der Waals surface area contributed by atoms with Crippen LogP contribution in [0.15, 0.2) is 0 Å². The second-order valence-electron chi connectivity index (χ2n) is 13.5. The first-order valence-corrected chi connectivity index (χ1v) is 13.7. The van der Waals surface area contributed by atoms with Crippen LogP contribution < -0.4 is 0 Å². The van der Waals surface area contributed by atoms with Crippen molar-refractivity contribution in [2.24, 2.45) is 52.3 Å². The largest absolute Gasteiger partial charge is 0.393 e. The Morgan fingerprint density at radius 1 is 0.871 bits per heavy atom. The van der Waals surface area contributed by atoms with Crippen molar-refractivity contribution in [3.8, 4) is 0 Å². The molecular formula is C28H49NO2. The normalized spacial score (nSPS) is 56.4. The third-order valence-electron chi connectivity index (χ3n) is 12.0. The highest BCUT2D eigenvalue weighted by Gasteiger charge is 2.63. The van der Waals surface area contributed by atoms with E-state index in [1.165, 1.54) is 51.5 Å². The summed E-state index contributed by atoms with van der Waals surface area (Å²) in [5, 5.41) is 21.8. The van der Waals surface area contributed by atoms with Gasteiger partial charge >= 0.3 is 0 Å². The van der Waals surface area contributed by atoms with Crippen molar-refractivity contribution in [2.45, 2.75) is 110 Å². The number of rotatable bonds is 2. The molecule has 2 N–H and O–H groups in total. The molecule has 0 amide bonds. The van der Waals surface area contributed by atoms with Crippen molar-refractivity contribution >= 4 is 0 Å². The molecule has 4 aliphatic carbocycles. The summed E-state index contributed by atoms with van der Waals surface area (Å²) in [5.74, 6) is 4.88. The molecule has 7 unspecified atom stereocenters. The fourth-order valence-corrected chi connectivity index (χ4v) is 10.5. The maximum Gasteiger partial charge on any atom is 0.0579 e. The van der Waals surface area contributed by atoms with Crippen molar-refractivity contribution in [3.05, 3.63) is 0 Å². The zero-order chi connectivity index (χ0) is 22.1. The molecule has 12 atom stereocenters. The number of fused-ring (bicyclic) bond motifs is 5. The topological polar surface area (TPSA) is 43.7 Å². The monoisotopic (exact) mass is 431 g/mol. The van der Waals surface area contributed by atoms with Gasteiger partial charge in [-0.2, -0.15) is 0 Å². The van der Waals surface area contributed by atoms with Gasteiger partial charge in [0.05, 0.1) is 12.2 Å². The van der Waals surface area contributed by atoms with Crippen molar-refractivity contribution in [1.29, 1.82) is 0 Å². The van der Waals surface area contributed by atoms with E-state index in [4.69, 9.17) is 0 Å². The lowest BCUT2D eigenvalue weighted by Gasteiger charge is -2.61. The van der Waals surface area contributed by atoms with Crippen molar-refractivity contribution in [3.63, 3.8) is 0 Å². The molecule has 0 aromatic carbocycles. The van der Waals surface area contributed by atoms with Gasteiger partial charge in [0.15, 0.2) is 0 Å². The average Bonchev–Trinajstić information content (AvgIpc) is 2.98. The van der Waals surface area contributed by atoms with Crippen LogP contribution in [0.4, 0.5) is 0 Å². The Kier molecular flexibility index (Phi) is 5.83. The van der Waals surface area contributed by atoms with Gasteiger partial charge in [-0.05, 0) is 124 Å². The van der Waals surface area contributed by atoms with E-state index in [1.54, 1.807) is 0 Å². The van der Waals surface area contributed by atoms with Gasteiger partial charge in [-0.3, -0.25) is 0 Å². The molecule has 3 nitrogen and oxygen atoms in total. The summed E-state index contributed by atoms with van der Waals surface area (Å²) in [6.45, 7) is 11.2. The Hall–Kier alpha value is -0.120. The molecule has 5 aliphatic rings. The SMILES string of the molecule is CC1CCC(C(C)C2C(O)C[C@H]3[C@@H]4CCC5CC(O)CC[C@]5(C)[C@H]4CC[C@]23C)N(C)C1. The van der Waals surface area contributed by atoms with E-state index in [0.717, 1.165) is 42.9 Å². The Balaban J connectivity index is 1.38. The third-order valence-corrected chi connectivity index (χ3v) is 12.0. The zero-order valence-corrected chi connectivity index (χ0v) is 20.9. The minimum absolute atomic E-state index is 0.0581. The Morgan fingerprint density at radius 3 is 2.35 bits per heavy atom. The van der Waals surface area contributed by atoms with Crippen molar-refractivity contribution < 1.29 is 10.2 Å². The summed E-state index contributed by atoms with van der Waals surface area (Å²) in [6.07, 6.45) is 12.1. The van der Waals surface area contributed by atoms with Crippen LogP contribution in [0.3, 0.4) is 0 Å². The molecule has 0 aromatic rings. The molecule has 0 spiro atoms. The number of piperidine rings is 1. The molecular weight excluding hydrogens is 382 g/mol. The van der Waals surface area contributed by atoms with E-state index >= 15 is 0 Å². The van der Waals surface area contributed by atoms with Gasteiger partial charge in [-0.25, -0.2) is 0 Å². The van der Waals surface area contributed by atoms with E-state index in [-0.39, 0.29) is 12.2 Å². The maximum atomic E-state index is 11.5. The van der Waals surface area contributed by atoms with Crippen LogP contribution in [-0.2, 0) is 0 Å². The molecule has 1 aliphatic heterocycles. The lowest BCUT2D eigenvalue weighted by Crippen LogP contribution is -2.55. The van der Waals surface area contributed by atoms with Crippen LogP contribution in [0.25, 0.3) is 0 Å². The number of hydrogen-bond acceptors (Lipinski definition) is 3. The van der Waals surface area contributed by atoms with E-state index in [9.17, 15) is 10.2 Å². The van der Waals surface area contributed by atoms with Gasteiger partial charge in [-0.15, -0.1) is 0 Å². The highest BCUT2D eigenvalue weighted by Crippen LogP contribution is 2.68. The summed E-state index contributed by atoms with van der Waals surface area (Å²) >= 11 is 0. The van der Waals surface area contributed by atoms with E-state index in [2.05, 4.69) is 39.6 Å². The Labute approximate surface area is 191 Å². The van der Waals surface area contributed by atoms with Crippen LogP contribution in [0.5, 0.6) is 0 Å². The number of hydrogen-bond donors (Lipinski definition) is 2. The standard InChI is InChI=1S/C28H49NO2/c1-17-6-9-24(29(5)16-17)18(2)26-25(31)15-23-21-8-7-19-14-20(30)10-12-27(19,3)22(21)11-13-28(23,26)4/h17-26,30-31H,6-16H2,1-5H3/t17?,18?,19?,20?,21-,22+,23+,24?,25?,26?,27+,28+/m1/s1. The lowest BCUT2D eigenvalue weighted by atomic mass is 9.44. The second kappa shape index (κ2) is 7.98. The first-order valence-electron chi connectivity index (χ1n) is 13.7. The van der Waals surface area contributed by atoms with E-state index in [0.29, 0.717) is 34.6 Å². The predicted octanol–water partition coefficient (Wildman–Crippen LogP) is 5.34. The molecule has 1 saturated heterocycles. The molecule has 4 saturated carbocycles. The zero-order valence-electron chi connectivity index (χ0n) is 20.9. The van der Waals surface area contributed by atoms with Gasteiger partial charge in [0.1, 0.15) is 0 Å². The molecule has 0 aromatic heterocycles. The summed E-state index contributed by atoms with van der Waals surface area (Å²) in [6, 6.07) is 0.636. The molecule has 5 rings (SSSR count). The Bertz CT molecular complexity index is 667. The minimum Gasteiger partial charge on any atom is -0.393 e. The molecule has 5 fully saturated rings. The van der Waals surface area contributed by atoms with Gasteiger partial charge in [-0.1, -0.05) is 27.7 Å². The van der Waals surface area contributed by atoms with Gasteiger partial charge in [0.25, 0.3) is 0 Å². The molecule has 178 valence electrons. The highest BCUT2D eigenvalue weighted by molar-refractivity contribution is 5.12. The minimum atomic E-state index is -0.116. The molecule has 31 heavy (non-hydrogen) atoms. The maximum absolute atomic E-state index is 11.5. The number of aliphatic hydroxyl groups excluding tert-OH is 2. The van der Waals surface area contributed by atoms with Gasteiger partial charge in [0.2, 0.25) is 0 Å². The first kappa shape index (κ1) is 22.7. The smallest absolute Gasteiger partial charge is 0.0579 e. The average molecular weight is 432 g/mol. The van der Waals surface area contributed by atoms with E-state index < -0.39 is 0 Å². The summed E-state index contributed by atoms with van der Waals surface area (Å²) in [5.41, 5.74) is 0.735. The molecule has 1 heterocycles. The van der Waals surface area contributed by atoms with Crippen LogP contribution >= 0.6 is 0 Å². The summed E-state index contributed by atoms with van der Waals surface area (Å²) in [7, 11) is 2.33. The molecule has 0 bridgehead atoms. The Morgan fingerprint density at radius 2 is 1.61 bits per heavy atom. The van der Waals surface area contributed by atoms with E-state index in [1.807, 2.05) is 0 Å². The molecule has 3 heteroatoms. The fourth-order valence-electron chi connectivity index (χ4n) is 10.5. The van der Waals surface area contributed by atoms with Gasteiger partial charge in [0, 0.05) is 12.6 Å². The van der Waals surface area contributed by atoms with Crippen molar-refractivity contribution in [2.75, 3.05) is 13.6 Å². The number of nitrogens with zero attached hydrogens (tertiary/aromatic N) is 1. The summed E-state index contributed by atoms with van der Waals surface area (Å²) < 4.78 is 0. The van der Waals surface area contributed by atoms with Crippen molar-refractivity contribution in [1.82, 2.24) is 4.90 Å². The predicted molar refractivity (Wildman–Crippen MR) is 127 cm³/mol. The van der Waals surface area contributed by atoms with Crippen LogP contribution in [0.2, 0.25) is 0 Å². The summed E-state index contributed by atoms with van der Waals surface area (Å²) in [4.78, 5) is 2.62. The molecule has 0 radical (unpaired) electrons. The third kappa shape index (κ3) is 3.46.